The summed E-state index contributed by atoms with van der Waals surface area (Å²) >= 11 is 0. The number of benzene rings is 1. The number of halogens is 1. The molecule has 1 saturated heterocycles. The van der Waals surface area contributed by atoms with Crippen LogP contribution in [0.25, 0.3) is 0 Å². The van der Waals surface area contributed by atoms with Gasteiger partial charge in [0.05, 0.1) is 25.3 Å². The van der Waals surface area contributed by atoms with Gasteiger partial charge in [-0.05, 0) is 18.4 Å². The molecule has 1 aliphatic heterocycles. The van der Waals surface area contributed by atoms with Gasteiger partial charge < -0.3 is 10.2 Å². The predicted molar refractivity (Wildman–Crippen MR) is 107 cm³/mol. The molecule has 0 unspecified atom stereocenters. The van der Waals surface area contributed by atoms with Gasteiger partial charge >= 0.3 is 0 Å². The Morgan fingerprint density at radius 2 is 1.97 bits per heavy atom. The minimum absolute atomic E-state index is 0.00101. The van der Waals surface area contributed by atoms with Gasteiger partial charge in [0.2, 0.25) is 5.91 Å². The van der Waals surface area contributed by atoms with Crippen LogP contribution in [0, 0.1) is 5.92 Å². The smallest absolute Gasteiger partial charge is 0.273 e. The first kappa shape index (κ1) is 21.0. The summed E-state index contributed by atoms with van der Waals surface area (Å²) in [6, 6.07) is 9.31. The van der Waals surface area contributed by atoms with Crippen molar-refractivity contribution >= 4 is 11.8 Å². The van der Waals surface area contributed by atoms with Gasteiger partial charge in [-0.25, -0.2) is 9.07 Å². The van der Waals surface area contributed by atoms with Gasteiger partial charge in [-0.2, -0.15) is 0 Å². The fraction of sp³-hybridized carbons (Fsp3) is 0.524. The maximum absolute atomic E-state index is 14.0. The van der Waals surface area contributed by atoms with Crippen LogP contribution >= 0.6 is 0 Å². The SMILES string of the molecule is CCC(CC)C(=O)N1C[C@@H](F)C[C@H]1Cn1cc(C(=O)NCc2ccccc2)nn1. The zero-order valence-electron chi connectivity index (χ0n) is 16.9. The van der Waals surface area contributed by atoms with Crippen LogP contribution in [0.1, 0.15) is 49.2 Å². The number of aromatic nitrogens is 3. The molecule has 1 aromatic heterocycles. The van der Waals surface area contributed by atoms with Crippen molar-refractivity contribution in [2.24, 2.45) is 5.92 Å². The van der Waals surface area contributed by atoms with Crippen LogP contribution in [0.5, 0.6) is 0 Å². The zero-order chi connectivity index (χ0) is 20.8. The molecular weight excluding hydrogens is 373 g/mol. The van der Waals surface area contributed by atoms with E-state index in [4.69, 9.17) is 0 Å². The lowest BCUT2D eigenvalue weighted by Gasteiger charge is -2.27. The maximum Gasteiger partial charge on any atom is 0.273 e. The summed E-state index contributed by atoms with van der Waals surface area (Å²) in [7, 11) is 0. The molecule has 29 heavy (non-hydrogen) atoms. The number of hydrogen-bond acceptors (Lipinski definition) is 4. The molecule has 8 heteroatoms. The molecule has 1 aromatic carbocycles. The van der Waals surface area contributed by atoms with Crippen LogP contribution in [-0.4, -0.2) is 50.5 Å². The number of amides is 2. The first-order chi connectivity index (χ1) is 14.0. The molecule has 156 valence electrons. The molecule has 0 spiro atoms. The lowest BCUT2D eigenvalue weighted by molar-refractivity contribution is -0.137. The van der Waals surface area contributed by atoms with Crippen LogP contribution in [-0.2, 0) is 17.9 Å². The van der Waals surface area contributed by atoms with E-state index in [2.05, 4.69) is 15.6 Å². The fourth-order valence-corrected chi connectivity index (χ4v) is 3.75. The second-order valence-electron chi connectivity index (χ2n) is 7.48. The highest BCUT2D eigenvalue weighted by atomic mass is 19.1. The normalized spacial score (nSPS) is 19.0. The Morgan fingerprint density at radius 3 is 2.66 bits per heavy atom. The third kappa shape index (κ3) is 5.19. The number of rotatable bonds is 8. The van der Waals surface area contributed by atoms with Crippen molar-refractivity contribution < 1.29 is 14.0 Å². The standard InChI is InChI=1S/C21H28FN5O2/c1-3-16(4-2)21(29)27-12-17(22)10-18(27)13-26-14-19(24-25-26)20(28)23-11-15-8-6-5-7-9-15/h5-9,14,16-18H,3-4,10-13H2,1-2H3,(H,23,28)/t17-,18-/m0/s1. The Labute approximate surface area is 170 Å². The third-order valence-electron chi connectivity index (χ3n) is 5.45. The van der Waals surface area contributed by atoms with E-state index in [1.54, 1.807) is 11.1 Å². The summed E-state index contributed by atoms with van der Waals surface area (Å²) in [6.45, 7) is 4.80. The Hall–Kier alpha value is -2.77. The van der Waals surface area contributed by atoms with Crippen LogP contribution in [0.2, 0.25) is 0 Å². The van der Waals surface area contributed by atoms with Crippen molar-refractivity contribution in [2.75, 3.05) is 6.54 Å². The first-order valence-corrected chi connectivity index (χ1v) is 10.2. The summed E-state index contributed by atoms with van der Waals surface area (Å²) < 4.78 is 15.6. The van der Waals surface area contributed by atoms with E-state index in [9.17, 15) is 14.0 Å². The van der Waals surface area contributed by atoms with Gasteiger partial charge in [-0.15, -0.1) is 5.10 Å². The topological polar surface area (TPSA) is 80.1 Å². The van der Waals surface area contributed by atoms with E-state index in [0.29, 0.717) is 13.1 Å². The lowest BCUT2D eigenvalue weighted by atomic mass is 10.0. The second kappa shape index (κ2) is 9.62. The Morgan fingerprint density at radius 1 is 1.24 bits per heavy atom. The number of likely N-dealkylation sites (tertiary alicyclic amines) is 1. The van der Waals surface area contributed by atoms with E-state index in [1.807, 2.05) is 44.2 Å². The quantitative estimate of drug-likeness (QED) is 0.737. The molecule has 3 rings (SSSR count). The Kier molecular flexibility index (Phi) is 6.95. The van der Waals surface area contributed by atoms with Crippen molar-refractivity contribution in [1.29, 1.82) is 0 Å². The van der Waals surface area contributed by atoms with Gasteiger partial charge in [-0.1, -0.05) is 49.4 Å². The maximum atomic E-state index is 14.0. The third-order valence-corrected chi connectivity index (χ3v) is 5.45. The van der Waals surface area contributed by atoms with Crippen LogP contribution in [0.3, 0.4) is 0 Å². The van der Waals surface area contributed by atoms with Crippen molar-refractivity contribution in [1.82, 2.24) is 25.2 Å². The van der Waals surface area contributed by atoms with Gasteiger partial charge in [-0.3, -0.25) is 9.59 Å². The van der Waals surface area contributed by atoms with Crippen molar-refractivity contribution in [3.8, 4) is 0 Å². The highest BCUT2D eigenvalue weighted by molar-refractivity contribution is 5.91. The van der Waals surface area contributed by atoms with Gasteiger partial charge in [0.25, 0.3) is 5.91 Å². The molecule has 0 aliphatic carbocycles. The molecule has 7 nitrogen and oxygen atoms in total. The van der Waals surface area contributed by atoms with Gasteiger partial charge in [0.15, 0.2) is 5.69 Å². The number of carbonyl (C=O) groups excluding carboxylic acids is 2. The summed E-state index contributed by atoms with van der Waals surface area (Å²) in [5.74, 6) is -0.404. The molecular formula is C21H28FN5O2. The van der Waals surface area contributed by atoms with E-state index >= 15 is 0 Å². The number of nitrogens with zero attached hydrogens (tertiary/aromatic N) is 4. The monoisotopic (exact) mass is 401 g/mol. The van der Waals surface area contributed by atoms with E-state index in [-0.39, 0.29) is 42.4 Å². The highest BCUT2D eigenvalue weighted by Gasteiger charge is 2.37. The molecule has 1 aliphatic rings. The number of hydrogen-bond donors (Lipinski definition) is 1. The molecule has 1 fully saturated rings. The molecule has 2 atom stereocenters. The van der Waals surface area contributed by atoms with E-state index in [0.717, 1.165) is 18.4 Å². The zero-order valence-corrected chi connectivity index (χ0v) is 16.9. The van der Waals surface area contributed by atoms with Crippen LogP contribution < -0.4 is 5.32 Å². The number of carbonyl (C=O) groups is 2. The number of alkyl halides is 1. The number of nitrogens with one attached hydrogen (secondary N) is 1. The minimum atomic E-state index is -1.03. The van der Waals surface area contributed by atoms with Gasteiger partial charge in [0.1, 0.15) is 6.17 Å². The Balaban J connectivity index is 1.60. The minimum Gasteiger partial charge on any atom is -0.347 e. The molecule has 0 saturated carbocycles. The average molecular weight is 401 g/mol. The fourth-order valence-electron chi connectivity index (χ4n) is 3.75. The summed E-state index contributed by atoms with van der Waals surface area (Å²) in [4.78, 5) is 26.7. The van der Waals surface area contributed by atoms with E-state index in [1.165, 1.54) is 4.68 Å². The molecule has 0 bridgehead atoms. The van der Waals surface area contributed by atoms with Crippen LogP contribution in [0.4, 0.5) is 4.39 Å². The highest BCUT2D eigenvalue weighted by Crippen LogP contribution is 2.25. The van der Waals surface area contributed by atoms with Crippen molar-refractivity contribution in [3.05, 3.63) is 47.8 Å². The van der Waals surface area contributed by atoms with Crippen molar-refractivity contribution in [3.63, 3.8) is 0 Å². The average Bonchev–Trinajstić information content (AvgIpc) is 3.34. The van der Waals surface area contributed by atoms with Crippen LogP contribution in [0.15, 0.2) is 36.5 Å². The first-order valence-electron chi connectivity index (χ1n) is 10.2. The molecule has 0 radical (unpaired) electrons. The second-order valence-corrected chi connectivity index (χ2v) is 7.48. The molecule has 2 amide bonds. The summed E-state index contributed by atoms with van der Waals surface area (Å²) in [5, 5.41) is 10.7. The van der Waals surface area contributed by atoms with Crippen molar-refractivity contribution in [2.45, 2.75) is 58.4 Å². The Bertz CT molecular complexity index is 821. The van der Waals surface area contributed by atoms with Gasteiger partial charge in [0, 0.05) is 18.9 Å². The van der Waals surface area contributed by atoms with E-state index < -0.39 is 6.17 Å². The lowest BCUT2D eigenvalue weighted by Crippen LogP contribution is -2.41. The summed E-state index contributed by atoms with van der Waals surface area (Å²) in [5.41, 5.74) is 1.19. The molecule has 2 heterocycles. The predicted octanol–water partition coefficient (Wildman–Crippen LogP) is 2.58. The largest absolute Gasteiger partial charge is 0.347 e. The molecule has 1 N–H and O–H groups in total. The summed E-state index contributed by atoms with van der Waals surface area (Å²) in [6.07, 6.45) is 2.28. The molecule has 2 aromatic rings.